The molecule has 1 amide bonds. The number of carbonyl (C=O) groups is 2. The molecule has 0 N–H and O–H groups in total. The van der Waals surface area contributed by atoms with Crippen molar-refractivity contribution >= 4 is 39.2 Å². The summed E-state index contributed by atoms with van der Waals surface area (Å²) in [7, 11) is -3.74. The zero-order valence-corrected chi connectivity index (χ0v) is 19.7. The van der Waals surface area contributed by atoms with E-state index in [-0.39, 0.29) is 21.4 Å². The zero-order chi connectivity index (χ0) is 23.3. The molecule has 1 aliphatic heterocycles. The van der Waals surface area contributed by atoms with Crippen LogP contribution in [0.1, 0.15) is 43.5 Å². The first-order valence-corrected chi connectivity index (χ1v) is 12.4. The maximum atomic E-state index is 13.0. The minimum atomic E-state index is -3.74. The van der Waals surface area contributed by atoms with E-state index in [9.17, 15) is 18.0 Å². The molecule has 3 rings (SSSR count). The molecule has 1 aliphatic rings. The number of hydrogen-bond donors (Lipinski definition) is 0. The van der Waals surface area contributed by atoms with Gasteiger partial charge in [-0.2, -0.15) is 4.31 Å². The highest BCUT2D eigenvalue weighted by Crippen LogP contribution is 2.26. The maximum Gasteiger partial charge on any atom is 0.340 e. The molecule has 1 fully saturated rings. The lowest BCUT2D eigenvalue weighted by atomic mass is 10.2. The summed E-state index contributed by atoms with van der Waals surface area (Å²) in [5, 5.41) is 0.0580. The highest BCUT2D eigenvalue weighted by Gasteiger charge is 2.29. The molecule has 7 nitrogen and oxygen atoms in total. The Bertz CT molecular complexity index is 1070. The van der Waals surface area contributed by atoms with E-state index < -0.39 is 22.1 Å². The van der Waals surface area contributed by atoms with Crippen LogP contribution in [0.25, 0.3) is 0 Å². The third-order valence-corrected chi connectivity index (χ3v) is 7.62. The van der Waals surface area contributed by atoms with E-state index in [0.29, 0.717) is 25.3 Å². The van der Waals surface area contributed by atoms with Gasteiger partial charge in [-0.3, -0.25) is 4.79 Å². The molecular formula is C23H27ClN2O5S. The van der Waals surface area contributed by atoms with Gasteiger partial charge in [-0.25, -0.2) is 13.2 Å². The standard InChI is InChI=1S/C23H27ClN2O5S/c1-3-26(18-10-6-4-7-11-18)22(27)17(2)31-23(28)20-16-19(12-13-21(20)24)32(29,30)25-14-8-5-9-15-25/h4,6-7,10-13,16-17H,3,5,8-9,14-15H2,1-2H3/t17-/m1/s1. The Kier molecular flexibility index (Phi) is 7.92. The van der Waals surface area contributed by atoms with Crippen LogP contribution in [0.5, 0.6) is 0 Å². The second-order valence-electron chi connectivity index (χ2n) is 7.57. The predicted molar refractivity (Wildman–Crippen MR) is 123 cm³/mol. The van der Waals surface area contributed by atoms with Crippen molar-refractivity contribution in [3.05, 3.63) is 59.1 Å². The number of benzene rings is 2. The lowest BCUT2D eigenvalue weighted by Crippen LogP contribution is -2.40. The average molecular weight is 479 g/mol. The fourth-order valence-corrected chi connectivity index (χ4v) is 5.38. The molecule has 0 aliphatic carbocycles. The van der Waals surface area contributed by atoms with Crippen LogP contribution in [0.3, 0.4) is 0 Å². The Morgan fingerprint density at radius 1 is 1.09 bits per heavy atom. The Morgan fingerprint density at radius 2 is 1.75 bits per heavy atom. The Balaban J connectivity index is 1.78. The fraction of sp³-hybridized carbons (Fsp3) is 0.391. The number of carbonyl (C=O) groups excluding carboxylic acids is 2. The van der Waals surface area contributed by atoms with E-state index in [1.807, 2.05) is 25.1 Å². The lowest BCUT2D eigenvalue weighted by molar-refractivity contribution is -0.126. The minimum absolute atomic E-state index is 0.0193. The topological polar surface area (TPSA) is 84.0 Å². The van der Waals surface area contributed by atoms with Crippen molar-refractivity contribution in [2.24, 2.45) is 0 Å². The van der Waals surface area contributed by atoms with E-state index in [1.54, 1.807) is 12.1 Å². The Morgan fingerprint density at radius 3 is 2.38 bits per heavy atom. The van der Waals surface area contributed by atoms with Gasteiger partial charge in [0, 0.05) is 25.3 Å². The molecule has 1 atom stereocenters. The molecule has 9 heteroatoms. The number of likely N-dealkylation sites (N-methyl/N-ethyl adjacent to an activating group) is 1. The summed E-state index contributed by atoms with van der Waals surface area (Å²) >= 11 is 6.17. The molecule has 2 aromatic rings. The second kappa shape index (κ2) is 10.5. The number of ether oxygens (including phenoxy) is 1. The van der Waals surface area contributed by atoms with Crippen LogP contribution in [0.2, 0.25) is 5.02 Å². The first kappa shape index (κ1) is 24.2. The van der Waals surface area contributed by atoms with Crippen LogP contribution < -0.4 is 4.90 Å². The Hall–Kier alpha value is -2.42. The minimum Gasteiger partial charge on any atom is -0.449 e. The molecule has 2 aromatic carbocycles. The van der Waals surface area contributed by atoms with Crippen LogP contribution >= 0.6 is 11.6 Å². The summed E-state index contributed by atoms with van der Waals surface area (Å²) < 4.78 is 32.7. The number of esters is 1. The summed E-state index contributed by atoms with van der Waals surface area (Å²) in [6, 6.07) is 13.0. The monoisotopic (exact) mass is 478 g/mol. The summed E-state index contributed by atoms with van der Waals surface area (Å²) in [6.07, 6.45) is 1.52. The molecule has 1 saturated heterocycles. The molecule has 32 heavy (non-hydrogen) atoms. The molecule has 0 saturated carbocycles. The van der Waals surface area contributed by atoms with Crippen molar-refractivity contribution in [1.29, 1.82) is 0 Å². The highest BCUT2D eigenvalue weighted by molar-refractivity contribution is 7.89. The molecule has 0 bridgehead atoms. The number of rotatable bonds is 7. The van der Waals surface area contributed by atoms with Gasteiger partial charge in [0.1, 0.15) is 0 Å². The summed E-state index contributed by atoms with van der Waals surface area (Å²) in [5.41, 5.74) is 0.600. The van der Waals surface area contributed by atoms with Gasteiger partial charge < -0.3 is 9.64 Å². The number of nitrogens with zero attached hydrogens (tertiary/aromatic N) is 2. The summed E-state index contributed by atoms with van der Waals surface area (Å²) in [4.78, 5) is 27.2. The number of anilines is 1. The first-order valence-electron chi connectivity index (χ1n) is 10.6. The largest absolute Gasteiger partial charge is 0.449 e. The van der Waals surface area contributed by atoms with Gasteiger partial charge in [-0.15, -0.1) is 0 Å². The quantitative estimate of drug-likeness (QED) is 0.559. The molecule has 0 unspecified atom stereocenters. The van der Waals surface area contributed by atoms with Crippen molar-refractivity contribution < 1.29 is 22.7 Å². The van der Waals surface area contributed by atoms with Crippen molar-refractivity contribution in [3.8, 4) is 0 Å². The molecule has 1 heterocycles. The molecule has 0 spiro atoms. The van der Waals surface area contributed by atoms with Crippen molar-refractivity contribution in [3.63, 3.8) is 0 Å². The van der Waals surface area contributed by atoms with Crippen LogP contribution in [0, 0.1) is 0 Å². The molecule has 172 valence electrons. The van der Waals surface area contributed by atoms with Crippen LogP contribution in [0.4, 0.5) is 5.69 Å². The van der Waals surface area contributed by atoms with E-state index in [1.165, 1.54) is 34.3 Å². The lowest BCUT2D eigenvalue weighted by Gasteiger charge is -2.26. The van der Waals surface area contributed by atoms with E-state index in [4.69, 9.17) is 16.3 Å². The van der Waals surface area contributed by atoms with E-state index in [0.717, 1.165) is 19.3 Å². The molecule has 0 aromatic heterocycles. The maximum absolute atomic E-state index is 13.0. The van der Waals surface area contributed by atoms with Gasteiger partial charge in [0.25, 0.3) is 5.91 Å². The van der Waals surface area contributed by atoms with Gasteiger partial charge in [-0.1, -0.05) is 36.2 Å². The van der Waals surface area contributed by atoms with Crippen molar-refractivity contribution in [1.82, 2.24) is 4.31 Å². The van der Waals surface area contributed by atoms with Crippen LogP contribution in [-0.2, 0) is 19.6 Å². The molecular weight excluding hydrogens is 452 g/mol. The SMILES string of the molecule is CCN(C(=O)[C@@H](C)OC(=O)c1cc(S(=O)(=O)N2CCCCC2)ccc1Cl)c1ccccc1. The Labute approximate surface area is 194 Å². The average Bonchev–Trinajstić information content (AvgIpc) is 2.80. The van der Waals surface area contributed by atoms with Gasteiger partial charge in [0.05, 0.1) is 15.5 Å². The van der Waals surface area contributed by atoms with E-state index >= 15 is 0 Å². The van der Waals surface area contributed by atoms with Crippen LogP contribution in [-0.4, -0.2) is 50.3 Å². The van der Waals surface area contributed by atoms with E-state index in [2.05, 4.69) is 0 Å². The smallest absolute Gasteiger partial charge is 0.340 e. The number of sulfonamides is 1. The number of hydrogen-bond acceptors (Lipinski definition) is 5. The summed E-state index contributed by atoms with van der Waals surface area (Å²) in [6.45, 7) is 4.60. The predicted octanol–water partition coefficient (Wildman–Crippen LogP) is 4.11. The number of amides is 1. The van der Waals surface area contributed by atoms with Crippen molar-refractivity contribution in [2.45, 2.75) is 44.1 Å². The first-order chi connectivity index (χ1) is 15.3. The van der Waals surface area contributed by atoms with Gasteiger partial charge >= 0.3 is 5.97 Å². The van der Waals surface area contributed by atoms with Gasteiger partial charge in [0.15, 0.2) is 6.10 Å². The number of piperidine rings is 1. The molecule has 0 radical (unpaired) electrons. The normalized spacial score (nSPS) is 15.7. The second-order valence-corrected chi connectivity index (χ2v) is 9.92. The third-order valence-electron chi connectivity index (χ3n) is 5.39. The third kappa shape index (κ3) is 5.31. The van der Waals surface area contributed by atoms with Gasteiger partial charge in [-0.05, 0) is 57.0 Å². The highest BCUT2D eigenvalue weighted by atomic mass is 35.5. The number of para-hydroxylation sites is 1. The van der Waals surface area contributed by atoms with Crippen molar-refractivity contribution in [2.75, 3.05) is 24.5 Å². The zero-order valence-electron chi connectivity index (χ0n) is 18.2. The van der Waals surface area contributed by atoms with Gasteiger partial charge in [0.2, 0.25) is 10.0 Å². The summed E-state index contributed by atoms with van der Waals surface area (Å²) in [5.74, 6) is -1.24. The van der Waals surface area contributed by atoms with Crippen LogP contribution in [0.15, 0.2) is 53.4 Å². The fourth-order valence-electron chi connectivity index (χ4n) is 3.64. The number of halogens is 1.